The minimum Gasteiger partial charge on any atom is -0.354 e. The summed E-state index contributed by atoms with van der Waals surface area (Å²) >= 11 is 0. The van der Waals surface area contributed by atoms with Gasteiger partial charge in [-0.1, -0.05) is 25.1 Å². The van der Waals surface area contributed by atoms with Crippen LogP contribution in [0.5, 0.6) is 0 Å². The SMILES string of the molecule is CCCNC(=O)[C@H]1CCCN1C(=O)c1ccc(NS(=O)(=O)c2ccccc2C)cc1. The highest BCUT2D eigenvalue weighted by molar-refractivity contribution is 7.92. The van der Waals surface area contributed by atoms with Gasteiger partial charge >= 0.3 is 0 Å². The number of carbonyl (C=O) groups excluding carboxylic acids is 2. The van der Waals surface area contributed by atoms with Crippen LogP contribution in [-0.4, -0.2) is 44.3 Å². The lowest BCUT2D eigenvalue weighted by Gasteiger charge is -2.24. The summed E-state index contributed by atoms with van der Waals surface area (Å²) in [6, 6.07) is 12.6. The van der Waals surface area contributed by atoms with Crippen LogP contribution in [0.25, 0.3) is 0 Å². The Kier molecular flexibility index (Phi) is 6.77. The molecule has 2 aromatic rings. The van der Waals surface area contributed by atoms with E-state index in [0.29, 0.717) is 36.3 Å². The van der Waals surface area contributed by atoms with E-state index in [-0.39, 0.29) is 16.7 Å². The first-order valence-corrected chi connectivity index (χ1v) is 11.6. The van der Waals surface area contributed by atoms with Gasteiger partial charge in [-0.2, -0.15) is 0 Å². The summed E-state index contributed by atoms with van der Waals surface area (Å²) in [5.41, 5.74) is 1.44. The van der Waals surface area contributed by atoms with E-state index in [1.54, 1.807) is 60.4 Å². The van der Waals surface area contributed by atoms with Gasteiger partial charge in [-0.15, -0.1) is 0 Å². The number of sulfonamides is 1. The van der Waals surface area contributed by atoms with Crippen molar-refractivity contribution in [3.8, 4) is 0 Å². The number of benzene rings is 2. The molecule has 0 aliphatic carbocycles. The fraction of sp³-hybridized carbons (Fsp3) is 0.364. The summed E-state index contributed by atoms with van der Waals surface area (Å²) in [5.74, 6) is -0.345. The number of carbonyl (C=O) groups is 2. The van der Waals surface area contributed by atoms with Crippen LogP contribution in [0.2, 0.25) is 0 Å². The number of rotatable bonds is 7. The zero-order valence-corrected chi connectivity index (χ0v) is 18.0. The minimum atomic E-state index is -3.72. The van der Waals surface area contributed by atoms with E-state index in [2.05, 4.69) is 10.0 Å². The topological polar surface area (TPSA) is 95.6 Å². The maximum Gasteiger partial charge on any atom is 0.262 e. The molecule has 1 atom stereocenters. The highest BCUT2D eigenvalue weighted by atomic mass is 32.2. The molecule has 30 heavy (non-hydrogen) atoms. The van der Waals surface area contributed by atoms with Crippen LogP contribution in [0.15, 0.2) is 53.4 Å². The zero-order chi connectivity index (χ0) is 21.7. The van der Waals surface area contributed by atoms with Crippen LogP contribution >= 0.6 is 0 Å². The Hall–Kier alpha value is -2.87. The van der Waals surface area contributed by atoms with Gasteiger partial charge in [-0.05, 0) is 62.1 Å². The molecule has 2 N–H and O–H groups in total. The van der Waals surface area contributed by atoms with Crippen LogP contribution in [0.1, 0.15) is 42.1 Å². The van der Waals surface area contributed by atoms with Gasteiger partial charge in [0.1, 0.15) is 6.04 Å². The molecule has 0 aromatic heterocycles. The van der Waals surface area contributed by atoms with Crippen LogP contribution < -0.4 is 10.0 Å². The molecule has 2 amide bonds. The summed E-state index contributed by atoms with van der Waals surface area (Å²) in [6.45, 7) is 4.84. The van der Waals surface area contributed by atoms with Gasteiger partial charge < -0.3 is 10.2 Å². The molecule has 7 nitrogen and oxygen atoms in total. The Balaban J connectivity index is 1.71. The van der Waals surface area contributed by atoms with Gasteiger partial charge in [0.25, 0.3) is 15.9 Å². The molecule has 160 valence electrons. The Morgan fingerprint density at radius 3 is 2.47 bits per heavy atom. The van der Waals surface area contributed by atoms with Gasteiger partial charge in [0.15, 0.2) is 0 Å². The van der Waals surface area contributed by atoms with Gasteiger partial charge in [-0.3, -0.25) is 14.3 Å². The molecule has 0 bridgehead atoms. The Bertz CT molecular complexity index is 1020. The Morgan fingerprint density at radius 1 is 1.10 bits per heavy atom. The second-order valence-electron chi connectivity index (χ2n) is 7.40. The van der Waals surface area contributed by atoms with Crippen molar-refractivity contribution >= 4 is 27.5 Å². The van der Waals surface area contributed by atoms with E-state index in [4.69, 9.17) is 0 Å². The molecule has 1 saturated heterocycles. The van der Waals surface area contributed by atoms with Gasteiger partial charge in [0, 0.05) is 24.3 Å². The molecule has 0 radical (unpaired) electrons. The Labute approximate surface area is 177 Å². The van der Waals surface area contributed by atoms with Gasteiger partial charge in [-0.25, -0.2) is 8.42 Å². The number of hydrogen-bond acceptors (Lipinski definition) is 4. The number of nitrogens with one attached hydrogen (secondary N) is 2. The quantitative estimate of drug-likeness (QED) is 0.707. The lowest BCUT2D eigenvalue weighted by Crippen LogP contribution is -2.46. The van der Waals surface area contributed by atoms with Crippen LogP contribution in [0.4, 0.5) is 5.69 Å². The predicted molar refractivity (Wildman–Crippen MR) is 116 cm³/mol. The third-order valence-corrected chi connectivity index (χ3v) is 6.67. The van der Waals surface area contributed by atoms with E-state index >= 15 is 0 Å². The third kappa shape index (κ3) is 4.81. The first-order valence-electron chi connectivity index (χ1n) is 10.1. The monoisotopic (exact) mass is 429 g/mol. The van der Waals surface area contributed by atoms with Crippen LogP contribution in [0, 0.1) is 6.92 Å². The molecule has 0 saturated carbocycles. The number of likely N-dealkylation sites (tertiary alicyclic amines) is 1. The van der Waals surface area contributed by atoms with Crippen molar-refractivity contribution in [3.05, 3.63) is 59.7 Å². The predicted octanol–water partition coefficient (Wildman–Crippen LogP) is 2.93. The number of nitrogens with zero attached hydrogens (tertiary/aromatic N) is 1. The highest BCUT2D eigenvalue weighted by Crippen LogP contribution is 2.23. The maximum absolute atomic E-state index is 12.9. The first-order chi connectivity index (χ1) is 14.3. The molecular formula is C22H27N3O4S. The number of aryl methyl sites for hydroxylation is 1. The average Bonchev–Trinajstić information content (AvgIpc) is 3.22. The fourth-order valence-corrected chi connectivity index (χ4v) is 4.87. The Morgan fingerprint density at radius 2 is 1.80 bits per heavy atom. The van der Waals surface area contributed by atoms with E-state index < -0.39 is 16.1 Å². The third-order valence-electron chi connectivity index (χ3n) is 5.13. The summed E-state index contributed by atoms with van der Waals surface area (Å²) in [7, 11) is -3.72. The lowest BCUT2D eigenvalue weighted by molar-refractivity contribution is -0.124. The molecule has 2 aromatic carbocycles. The zero-order valence-electron chi connectivity index (χ0n) is 17.2. The minimum absolute atomic E-state index is 0.120. The largest absolute Gasteiger partial charge is 0.354 e. The normalized spacial score (nSPS) is 16.3. The fourth-order valence-electron chi connectivity index (χ4n) is 3.56. The van der Waals surface area contributed by atoms with Crippen molar-refractivity contribution < 1.29 is 18.0 Å². The molecule has 0 spiro atoms. The van der Waals surface area contributed by atoms with Gasteiger partial charge in [0.2, 0.25) is 5.91 Å². The van der Waals surface area contributed by atoms with Crippen molar-refractivity contribution in [1.29, 1.82) is 0 Å². The van der Waals surface area contributed by atoms with E-state index in [0.717, 1.165) is 12.8 Å². The van der Waals surface area contributed by atoms with Crippen molar-refractivity contribution in [2.24, 2.45) is 0 Å². The van der Waals surface area contributed by atoms with Crippen molar-refractivity contribution in [2.45, 2.75) is 44.0 Å². The van der Waals surface area contributed by atoms with Crippen molar-refractivity contribution in [3.63, 3.8) is 0 Å². The lowest BCUT2D eigenvalue weighted by atomic mass is 10.1. The standard InChI is InChI=1S/C22H27N3O4S/c1-3-14-23-21(26)19-8-6-15-25(19)22(27)17-10-12-18(13-11-17)24-30(28,29)20-9-5-4-7-16(20)2/h4-5,7,9-13,19,24H,3,6,8,14-15H2,1-2H3,(H,23,26)/t19-/m1/s1. The summed E-state index contributed by atoms with van der Waals surface area (Å²) < 4.78 is 27.8. The molecule has 3 rings (SSSR count). The molecule has 8 heteroatoms. The number of hydrogen-bond donors (Lipinski definition) is 2. The summed E-state index contributed by atoms with van der Waals surface area (Å²) in [5, 5.41) is 2.86. The van der Waals surface area contributed by atoms with E-state index in [1.165, 1.54) is 0 Å². The van der Waals surface area contributed by atoms with Crippen molar-refractivity contribution in [1.82, 2.24) is 10.2 Å². The van der Waals surface area contributed by atoms with Crippen LogP contribution in [0.3, 0.4) is 0 Å². The summed E-state index contributed by atoms with van der Waals surface area (Å²) in [4.78, 5) is 27.1. The molecule has 1 fully saturated rings. The van der Waals surface area contributed by atoms with E-state index in [1.807, 2.05) is 6.92 Å². The smallest absolute Gasteiger partial charge is 0.262 e. The molecule has 1 heterocycles. The second kappa shape index (κ2) is 9.30. The van der Waals surface area contributed by atoms with Crippen LogP contribution in [-0.2, 0) is 14.8 Å². The molecule has 1 aliphatic rings. The van der Waals surface area contributed by atoms with E-state index in [9.17, 15) is 18.0 Å². The number of amides is 2. The first kappa shape index (κ1) is 21.8. The van der Waals surface area contributed by atoms with Crippen molar-refractivity contribution in [2.75, 3.05) is 17.8 Å². The average molecular weight is 430 g/mol. The maximum atomic E-state index is 12.9. The highest BCUT2D eigenvalue weighted by Gasteiger charge is 2.34. The molecule has 0 unspecified atom stereocenters. The van der Waals surface area contributed by atoms with Gasteiger partial charge in [0.05, 0.1) is 4.90 Å². The number of anilines is 1. The summed E-state index contributed by atoms with van der Waals surface area (Å²) in [6.07, 6.45) is 2.27. The molecule has 1 aliphatic heterocycles. The second-order valence-corrected chi connectivity index (χ2v) is 9.05. The molecular weight excluding hydrogens is 402 g/mol.